The van der Waals surface area contributed by atoms with E-state index in [1.807, 2.05) is 50.2 Å². The Morgan fingerprint density at radius 1 is 0.455 bits per heavy atom. The summed E-state index contributed by atoms with van der Waals surface area (Å²) in [5, 5.41) is 3.24. The Morgan fingerprint density at radius 2 is 0.773 bits per heavy atom. The van der Waals surface area contributed by atoms with Crippen LogP contribution >= 0.6 is 0 Å². The third-order valence-electron chi connectivity index (χ3n) is 8.73. The van der Waals surface area contributed by atoms with E-state index in [0.29, 0.717) is 24.3 Å². The van der Waals surface area contributed by atoms with Gasteiger partial charge in [-0.3, -0.25) is 9.59 Å². The standard InChI is InChI=1S/C40H58O4/c1-5-7-9-11-13-15-17-19-21-23-37(41)43-39-33-27-25-31(3)29-35(33)40(36-30-32(4)26-28-34(36)39)44-38(42)24-22-20-18-16-14-12-10-8-6-2/h25-30H,5-24H2,1-4H3. The number of esters is 2. The molecule has 242 valence electrons. The molecule has 44 heavy (non-hydrogen) atoms. The minimum absolute atomic E-state index is 0.200. The van der Waals surface area contributed by atoms with Crippen molar-refractivity contribution in [3.63, 3.8) is 0 Å². The Bertz CT molecular complexity index is 1240. The van der Waals surface area contributed by atoms with Crippen LogP contribution in [0.2, 0.25) is 0 Å². The lowest BCUT2D eigenvalue weighted by molar-refractivity contribution is -0.135. The predicted molar refractivity (Wildman–Crippen MR) is 186 cm³/mol. The highest BCUT2D eigenvalue weighted by atomic mass is 16.5. The molecule has 0 atom stereocenters. The Kier molecular flexibility index (Phi) is 16.3. The van der Waals surface area contributed by atoms with Gasteiger partial charge in [0.1, 0.15) is 11.5 Å². The average molecular weight is 603 g/mol. The van der Waals surface area contributed by atoms with E-state index in [9.17, 15) is 9.59 Å². The minimum Gasteiger partial charge on any atom is -0.425 e. The summed E-state index contributed by atoms with van der Waals surface area (Å²) in [6.07, 6.45) is 22.5. The molecule has 0 bridgehead atoms. The summed E-state index contributed by atoms with van der Waals surface area (Å²) in [5.74, 6) is 0.734. The van der Waals surface area contributed by atoms with Gasteiger partial charge in [-0.1, -0.05) is 152 Å². The molecule has 0 amide bonds. The minimum atomic E-state index is -0.202. The SMILES string of the molecule is CCCCCCCCCCCC(=O)Oc1c2ccc(C)cc2c(OC(=O)CCCCCCCCCCC)c2cc(C)ccc12. The quantitative estimate of drug-likeness (QED) is 0.0497. The third kappa shape index (κ3) is 11.9. The van der Waals surface area contributed by atoms with E-state index in [0.717, 1.165) is 58.4 Å². The molecule has 0 saturated heterocycles. The second-order valence-corrected chi connectivity index (χ2v) is 12.9. The number of rotatable bonds is 22. The first-order valence-electron chi connectivity index (χ1n) is 17.8. The summed E-state index contributed by atoms with van der Waals surface area (Å²) >= 11 is 0. The molecule has 0 aromatic heterocycles. The fraction of sp³-hybridized carbons (Fsp3) is 0.600. The Balaban J connectivity index is 1.65. The van der Waals surface area contributed by atoms with E-state index >= 15 is 0 Å². The Labute approximate surface area is 267 Å². The Morgan fingerprint density at radius 3 is 1.14 bits per heavy atom. The van der Waals surface area contributed by atoms with Crippen LogP contribution in [-0.2, 0) is 9.59 Å². The number of fused-ring (bicyclic) bond motifs is 2. The van der Waals surface area contributed by atoms with Gasteiger partial charge in [-0.05, 0) is 38.8 Å². The number of hydrogen-bond acceptors (Lipinski definition) is 4. The monoisotopic (exact) mass is 602 g/mol. The maximum atomic E-state index is 13.1. The van der Waals surface area contributed by atoms with Crippen molar-refractivity contribution in [1.82, 2.24) is 0 Å². The van der Waals surface area contributed by atoms with Crippen LogP contribution < -0.4 is 9.47 Å². The first kappa shape index (κ1) is 35.6. The van der Waals surface area contributed by atoms with Crippen molar-refractivity contribution in [3.8, 4) is 11.5 Å². The van der Waals surface area contributed by atoms with E-state index in [1.54, 1.807) is 0 Å². The molecule has 4 nitrogen and oxygen atoms in total. The van der Waals surface area contributed by atoms with Crippen molar-refractivity contribution in [2.24, 2.45) is 0 Å². The van der Waals surface area contributed by atoms with Crippen LogP contribution in [0.5, 0.6) is 11.5 Å². The van der Waals surface area contributed by atoms with Crippen LogP contribution in [0, 0.1) is 13.8 Å². The van der Waals surface area contributed by atoms with Crippen molar-refractivity contribution in [2.45, 2.75) is 156 Å². The molecule has 0 aliphatic heterocycles. The van der Waals surface area contributed by atoms with Crippen LogP contribution in [0.1, 0.15) is 153 Å². The average Bonchev–Trinajstić information content (AvgIpc) is 3.01. The van der Waals surface area contributed by atoms with Crippen LogP contribution in [-0.4, -0.2) is 11.9 Å². The van der Waals surface area contributed by atoms with Crippen LogP contribution in [0.15, 0.2) is 36.4 Å². The van der Waals surface area contributed by atoms with Gasteiger partial charge in [0.05, 0.1) is 0 Å². The summed E-state index contributed by atoms with van der Waals surface area (Å²) in [4.78, 5) is 26.1. The molecule has 0 unspecified atom stereocenters. The highest BCUT2D eigenvalue weighted by Gasteiger charge is 2.20. The van der Waals surface area contributed by atoms with Crippen LogP contribution in [0.4, 0.5) is 0 Å². The van der Waals surface area contributed by atoms with Crippen molar-refractivity contribution >= 4 is 33.5 Å². The molecular weight excluding hydrogens is 544 g/mol. The van der Waals surface area contributed by atoms with E-state index in [-0.39, 0.29) is 11.9 Å². The van der Waals surface area contributed by atoms with Gasteiger partial charge >= 0.3 is 11.9 Å². The predicted octanol–water partition coefficient (Wildman–Crippen LogP) is 12.3. The summed E-state index contributed by atoms with van der Waals surface area (Å²) < 4.78 is 12.2. The van der Waals surface area contributed by atoms with E-state index < -0.39 is 0 Å². The smallest absolute Gasteiger partial charge is 0.311 e. The molecule has 3 aromatic carbocycles. The normalized spacial score (nSPS) is 11.4. The summed E-state index contributed by atoms with van der Waals surface area (Å²) in [5.41, 5.74) is 2.13. The lowest BCUT2D eigenvalue weighted by Gasteiger charge is -2.17. The number of carbonyl (C=O) groups excluding carboxylic acids is 2. The second kappa shape index (κ2) is 20.2. The first-order valence-corrected chi connectivity index (χ1v) is 17.8. The van der Waals surface area contributed by atoms with Crippen molar-refractivity contribution in [2.75, 3.05) is 0 Å². The van der Waals surface area contributed by atoms with Gasteiger partial charge in [0, 0.05) is 34.4 Å². The van der Waals surface area contributed by atoms with Crippen molar-refractivity contribution < 1.29 is 19.1 Å². The van der Waals surface area contributed by atoms with Gasteiger partial charge in [0.25, 0.3) is 0 Å². The zero-order chi connectivity index (χ0) is 31.6. The highest BCUT2D eigenvalue weighted by molar-refractivity contribution is 6.13. The van der Waals surface area contributed by atoms with Gasteiger partial charge in [-0.2, -0.15) is 0 Å². The maximum absolute atomic E-state index is 13.1. The number of carbonyl (C=O) groups is 2. The molecule has 0 aliphatic rings. The van der Waals surface area contributed by atoms with Gasteiger partial charge in [-0.15, -0.1) is 0 Å². The zero-order valence-corrected chi connectivity index (χ0v) is 28.2. The van der Waals surface area contributed by atoms with Crippen LogP contribution in [0.25, 0.3) is 21.5 Å². The first-order chi connectivity index (χ1) is 21.4. The fourth-order valence-electron chi connectivity index (χ4n) is 6.09. The molecule has 3 aromatic rings. The molecule has 3 rings (SSSR count). The molecule has 0 heterocycles. The molecule has 0 saturated carbocycles. The zero-order valence-electron chi connectivity index (χ0n) is 28.2. The summed E-state index contributed by atoms with van der Waals surface area (Å²) in [7, 11) is 0. The molecule has 0 aliphatic carbocycles. The van der Waals surface area contributed by atoms with E-state index in [1.165, 1.54) is 89.9 Å². The van der Waals surface area contributed by atoms with Gasteiger partial charge in [-0.25, -0.2) is 0 Å². The fourth-order valence-corrected chi connectivity index (χ4v) is 6.09. The number of hydrogen-bond donors (Lipinski definition) is 0. The highest BCUT2D eigenvalue weighted by Crippen LogP contribution is 2.44. The third-order valence-corrected chi connectivity index (χ3v) is 8.73. The Hall–Kier alpha value is -2.88. The van der Waals surface area contributed by atoms with Gasteiger partial charge in [0.2, 0.25) is 0 Å². The second-order valence-electron chi connectivity index (χ2n) is 12.9. The van der Waals surface area contributed by atoms with Crippen LogP contribution in [0.3, 0.4) is 0 Å². The molecule has 4 heteroatoms. The largest absolute Gasteiger partial charge is 0.425 e. The molecular formula is C40H58O4. The molecule has 0 fully saturated rings. The summed E-state index contributed by atoms with van der Waals surface area (Å²) in [6, 6.07) is 12.1. The number of aryl methyl sites for hydroxylation is 2. The topological polar surface area (TPSA) is 52.6 Å². The van der Waals surface area contributed by atoms with E-state index in [4.69, 9.17) is 9.47 Å². The van der Waals surface area contributed by atoms with Crippen molar-refractivity contribution in [3.05, 3.63) is 47.5 Å². The molecule has 0 spiro atoms. The number of ether oxygens (including phenoxy) is 2. The molecule has 0 radical (unpaired) electrons. The van der Waals surface area contributed by atoms with Crippen molar-refractivity contribution in [1.29, 1.82) is 0 Å². The number of unbranched alkanes of at least 4 members (excludes halogenated alkanes) is 16. The number of benzene rings is 3. The lowest BCUT2D eigenvalue weighted by Crippen LogP contribution is -2.11. The van der Waals surface area contributed by atoms with E-state index in [2.05, 4.69) is 13.8 Å². The lowest BCUT2D eigenvalue weighted by atomic mass is 9.97. The molecule has 0 N–H and O–H groups in total. The summed E-state index contributed by atoms with van der Waals surface area (Å²) in [6.45, 7) is 8.55. The van der Waals surface area contributed by atoms with Gasteiger partial charge < -0.3 is 9.47 Å². The maximum Gasteiger partial charge on any atom is 0.311 e. The van der Waals surface area contributed by atoms with Gasteiger partial charge in [0.15, 0.2) is 0 Å².